The molecule has 1 unspecified atom stereocenters. The number of rotatable bonds is 8. The van der Waals surface area contributed by atoms with Gasteiger partial charge in [-0.3, -0.25) is 15.0 Å². The van der Waals surface area contributed by atoms with Gasteiger partial charge in [-0.2, -0.15) is 0 Å². The lowest BCUT2D eigenvalue weighted by Gasteiger charge is -2.23. The van der Waals surface area contributed by atoms with E-state index in [9.17, 15) is 9.59 Å². The maximum atomic E-state index is 11.8. The summed E-state index contributed by atoms with van der Waals surface area (Å²) in [6, 6.07) is -0.0135. The molecule has 1 saturated heterocycles. The molecule has 116 valence electrons. The SMILES string of the molecule is CCN(CC(=O)NC(=O)NCCOC)CC1CCCN1. The fourth-order valence-electron chi connectivity index (χ4n) is 2.21. The Labute approximate surface area is 120 Å². The molecule has 3 N–H and O–H groups in total. The lowest BCUT2D eigenvalue weighted by atomic mass is 10.2. The van der Waals surface area contributed by atoms with Gasteiger partial charge in [0.2, 0.25) is 5.91 Å². The van der Waals surface area contributed by atoms with E-state index in [1.807, 2.05) is 11.8 Å². The number of hydrogen-bond donors (Lipinski definition) is 3. The second-order valence-corrected chi connectivity index (χ2v) is 4.92. The van der Waals surface area contributed by atoms with Crippen molar-refractivity contribution >= 4 is 11.9 Å². The van der Waals surface area contributed by atoms with Gasteiger partial charge < -0.3 is 15.4 Å². The molecule has 0 aromatic heterocycles. The second-order valence-electron chi connectivity index (χ2n) is 4.92. The first-order chi connectivity index (χ1) is 9.65. The van der Waals surface area contributed by atoms with Crippen LogP contribution in [0.5, 0.6) is 0 Å². The van der Waals surface area contributed by atoms with E-state index in [0.29, 0.717) is 19.2 Å². The van der Waals surface area contributed by atoms with Gasteiger partial charge in [-0.15, -0.1) is 0 Å². The normalized spacial score (nSPS) is 18.2. The first-order valence-corrected chi connectivity index (χ1v) is 7.18. The van der Waals surface area contributed by atoms with Crippen molar-refractivity contribution < 1.29 is 14.3 Å². The Morgan fingerprint density at radius 2 is 2.25 bits per heavy atom. The largest absolute Gasteiger partial charge is 0.383 e. The predicted molar refractivity (Wildman–Crippen MR) is 76.6 cm³/mol. The van der Waals surface area contributed by atoms with Gasteiger partial charge in [0.1, 0.15) is 0 Å². The number of urea groups is 1. The molecule has 1 fully saturated rings. The monoisotopic (exact) mass is 286 g/mol. The number of carbonyl (C=O) groups excluding carboxylic acids is 2. The molecule has 0 aliphatic carbocycles. The molecule has 20 heavy (non-hydrogen) atoms. The molecule has 0 saturated carbocycles. The van der Waals surface area contributed by atoms with Crippen LogP contribution < -0.4 is 16.0 Å². The van der Waals surface area contributed by atoms with E-state index < -0.39 is 6.03 Å². The quantitative estimate of drug-likeness (QED) is 0.526. The summed E-state index contributed by atoms with van der Waals surface area (Å²) in [6.07, 6.45) is 2.34. The molecule has 0 spiro atoms. The smallest absolute Gasteiger partial charge is 0.321 e. The van der Waals surface area contributed by atoms with Crippen LogP contribution in [0.25, 0.3) is 0 Å². The lowest BCUT2D eigenvalue weighted by Crippen LogP contribution is -2.47. The molecule has 7 nitrogen and oxygen atoms in total. The van der Waals surface area contributed by atoms with Crippen LogP contribution in [0.2, 0.25) is 0 Å². The third kappa shape index (κ3) is 6.83. The molecule has 0 aromatic rings. The predicted octanol–water partition coefficient (Wildman–Crippen LogP) is -0.467. The molecular formula is C13H26N4O3. The minimum atomic E-state index is -0.470. The van der Waals surface area contributed by atoms with Gasteiger partial charge in [0.25, 0.3) is 0 Å². The van der Waals surface area contributed by atoms with Gasteiger partial charge in [0.05, 0.1) is 13.2 Å². The average Bonchev–Trinajstić information content (AvgIpc) is 2.91. The molecule has 1 heterocycles. The number of amides is 3. The first-order valence-electron chi connectivity index (χ1n) is 7.18. The van der Waals surface area contributed by atoms with E-state index >= 15 is 0 Å². The van der Waals surface area contributed by atoms with Gasteiger partial charge in [-0.05, 0) is 25.9 Å². The van der Waals surface area contributed by atoms with E-state index in [4.69, 9.17) is 4.74 Å². The second kappa shape index (κ2) is 9.68. The van der Waals surface area contributed by atoms with Crippen LogP contribution in [-0.4, -0.2) is 69.3 Å². The van der Waals surface area contributed by atoms with Crippen LogP contribution in [0.1, 0.15) is 19.8 Å². The first kappa shape index (κ1) is 16.9. The van der Waals surface area contributed by atoms with Crippen molar-refractivity contribution in [3.05, 3.63) is 0 Å². The molecule has 0 bridgehead atoms. The Morgan fingerprint density at radius 1 is 1.45 bits per heavy atom. The van der Waals surface area contributed by atoms with Gasteiger partial charge in [-0.25, -0.2) is 4.79 Å². The van der Waals surface area contributed by atoms with Crippen LogP contribution >= 0.6 is 0 Å². The van der Waals surface area contributed by atoms with Gasteiger partial charge in [-0.1, -0.05) is 6.92 Å². The van der Waals surface area contributed by atoms with E-state index in [1.165, 1.54) is 6.42 Å². The van der Waals surface area contributed by atoms with Crippen LogP contribution in [-0.2, 0) is 9.53 Å². The number of carbonyl (C=O) groups is 2. The van der Waals surface area contributed by atoms with Gasteiger partial charge in [0, 0.05) is 26.2 Å². The number of methoxy groups -OCH3 is 1. The van der Waals surface area contributed by atoms with Crippen LogP contribution in [0.4, 0.5) is 4.79 Å². The molecule has 1 aliphatic rings. The maximum absolute atomic E-state index is 11.8. The highest BCUT2D eigenvalue weighted by Crippen LogP contribution is 2.06. The summed E-state index contributed by atoms with van der Waals surface area (Å²) in [5.41, 5.74) is 0. The van der Waals surface area contributed by atoms with Gasteiger partial charge in [0.15, 0.2) is 0 Å². The Balaban J connectivity index is 2.22. The molecule has 7 heteroatoms. The molecular weight excluding hydrogens is 260 g/mol. The summed E-state index contributed by atoms with van der Waals surface area (Å²) in [7, 11) is 1.56. The number of ether oxygens (including phenoxy) is 1. The topological polar surface area (TPSA) is 82.7 Å². The van der Waals surface area contributed by atoms with E-state index in [2.05, 4.69) is 16.0 Å². The molecule has 0 radical (unpaired) electrons. The van der Waals surface area contributed by atoms with Crippen molar-refractivity contribution in [3.63, 3.8) is 0 Å². The zero-order valence-corrected chi connectivity index (χ0v) is 12.4. The summed E-state index contributed by atoms with van der Waals surface area (Å²) in [5.74, 6) is -0.278. The maximum Gasteiger partial charge on any atom is 0.321 e. The molecule has 3 amide bonds. The zero-order chi connectivity index (χ0) is 14.8. The third-order valence-corrected chi connectivity index (χ3v) is 3.30. The highest BCUT2D eigenvalue weighted by atomic mass is 16.5. The number of imide groups is 1. The van der Waals surface area contributed by atoms with Crippen LogP contribution in [0.3, 0.4) is 0 Å². The Morgan fingerprint density at radius 3 is 2.85 bits per heavy atom. The molecule has 1 atom stereocenters. The summed E-state index contributed by atoms with van der Waals surface area (Å²) < 4.78 is 4.81. The zero-order valence-electron chi connectivity index (χ0n) is 12.4. The summed E-state index contributed by atoms with van der Waals surface area (Å²) in [5, 5.41) is 8.28. The van der Waals surface area contributed by atoms with Crippen LogP contribution in [0.15, 0.2) is 0 Å². The molecule has 1 rings (SSSR count). The lowest BCUT2D eigenvalue weighted by molar-refractivity contribution is -0.121. The average molecular weight is 286 g/mol. The fraction of sp³-hybridized carbons (Fsp3) is 0.846. The highest BCUT2D eigenvalue weighted by Gasteiger charge is 2.19. The van der Waals surface area contributed by atoms with E-state index in [-0.39, 0.29) is 12.5 Å². The van der Waals surface area contributed by atoms with E-state index in [0.717, 1.165) is 26.1 Å². The number of nitrogens with one attached hydrogen (secondary N) is 3. The number of nitrogens with zero attached hydrogens (tertiary/aromatic N) is 1. The molecule has 0 aromatic carbocycles. The van der Waals surface area contributed by atoms with Crippen LogP contribution in [0, 0.1) is 0 Å². The highest BCUT2D eigenvalue weighted by molar-refractivity contribution is 5.95. The summed E-state index contributed by atoms with van der Waals surface area (Å²) in [6.45, 7) is 5.75. The van der Waals surface area contributed by atoms with Crippen molar-refractivity contribution in [1.82, 2.24) is 20.9 Å². The van der Waals surface area contributed by atoms with E-state index in [1.54, 1.807) is 7.11 Å². The van der Waals surface area contributed by atoms with Crippen molar-refractivity contribution in [2.75, 3.05) is 46.4 Å². The van der Waals surface area contributed by atoms with Crippen molar-refractivity contribution in [3.8, 4) is 0 Å². The standard InChI is InChI=1S/C13H26N4O3/c1-3-17(9-11-5-4-6-14-11)10-12(18)16-13(19)15-7-8-20-2/h11,14H,3-10H2,1-2H3,(H2,15,16,18,19). The fourth-order valence-corrected chi connectivity index (χ4v) is 2.21. The minimum Gasteiger partial charge on any atom is -0.383 e. The third-order valence-electron chi connectivity index (χ3n) is 3.30. The van der Waals surface area contributed by atoms with Crippen molar-refractivity contribution in [1.29, 1.82) is 0 Å². The summed E-state index contributed by atoms with van der Waals surface area (Å²) in [4.78, 5) is 25.2. The number of hydrogen-bond acceptors (Lipinski definition) is 5. The van der Waals surface area contributed by atoms with Crippen molar-refractivity contribution in [2.45, 2.75) is 25.8 Å². The number of likely N-dealkylation sites (N-methyl/N-ethyl adjacent to an activating group) is 1. The molecule has 1 aliphatic heterocycles. The summed E-state index contributed by atoms with van der Waals surface area (Å²) >= 11 is 0. The Hall–Kier alpha value is -1.18. The Kier molecular flexibility index (Phi) is 8.17. The minimum absolute atomic E-state index is 0.242. The Bertz CT molecular complexity index is 306. The van der Waals surface area contributed by atoms with Gasteiger partial charge >= 0.3 is 6.03 Å². The van der Waals surface area contributed by atoms with Crippen molar-refractivity contribution in [2.24, 2.45) is 0 Å².